The number of ether oxygens (including phenoxy) is 2. The Labute approximate surface area is 193 Å². The van der Waals surface area contributed by atoms with E-state index in [1.807, 2.05) is 37.3 Å². The van der Waals surface area contributed by atoms with Crippen molar-refractivity contribution in [3.63, 3.8) is 0 Å². The lowest BCUT2D eigenvalue weighted by atomic mass is 9.81. The first-order valence-corrected chi connectivity index (χ1v) is 11.9. The number of nitrogens with one attached hydrogen (secondary N) is 1. The summed E-state index contributed by atoms with van der Waals surface area (Å²) in [6.07, 6.45) is 5.94. The molecule has 5 rings (SSSR count). The van der Waals surface area contributed by atoms with Gasteiger partial charge >= 0.3 is 11.9 Å². The number of hydrogen-bond donors (Lipinski definition) is 1. The number of rotatable bonds is 4. The molecular weight excluding hydrogens is 416 g/mol. The third-order valence-electron chi connectivity index (χ3n) is 7.02. The molecule has 2 aromatic carbocycles. The van der Waals surface area contributed by atoms with Crippen molar-refractivity contribution in [2.75, 3.05) is 25.6 Å². The molecule has 6 heteroatoms. The molecule has 1 fully saturated rings. The largest absolute Gasteiger partial charge is 0.465 e. The number of nitrogens with zero attached hydrogens (tertiary/aromatic N) is 1. The molecule has 0 spiro atoms. The van der Waals surface area contributed by atoms with Gasteiger partial charge in [0.15, 0.2) is 0 Å². The van der Waals surface area contributed by atoms with Crippen molar-refractivity contribution < 1.29 is 19.1 Å². The van der Waals surface area contributed by atoms with Gasteiger partial charge in [-0.1, -0.05) is 43.5 Å². The van der Waals surface area contributed by atoms with Crippen molar-refractivity contribution in [3.05, 3.63) is 53.6 Å². The number of aromatic nitrogens is 1. The van der Waals surface area contributed by atoms with Gasteiger partial charge in [0, 0.05) is 23.2 Å². The molecule has 6 nitrogen and oxygen atoms in total. The Kier molecular flexibility index (Phi) is 5.83. The average Bonchev–Trinajstić information content (AvgIpc) is 3.08. The molecule has 0 saturated heterocycles. The lowest BCUT2D eigenvalue weighted by molar-refractivity contribution is -0.146. The number of benzene rings is 2. The van der Waals surface area contributed by atoms with Crippen molar-refractivity contribution >= 4 is 28.5 Å². The van der Waals surface area contributed by atoms with Crippen LogP contribution in [-0.4, -0.2) is 36.8 Å². The number of carbonyl (C=O) groups is 2. The zero-order valence-corrected chi connectivity index (χ0v) is 19.2. The summed E-state index contributed by atoms with van der Waals surface area (Å²) in [5.74, 6) is -0.239. The zero-order chi connectivity index (χ0) is 22.9. The topological polar surface area (TPSA) is 69.6 Å². The molecule has 0 bridgehead atoms. The minimum absolute atomic E-state index is 0.269. The Morgan fingerprint density at radius 3 is 2.64 bits per heavy atom. The number of hydrogen-bond acceptors (Lipinski definition) is 5. The SMILES string of the molecule is CCOC(=O)C1CNc2ccccc2-c2c(C3CCCCC3)c3ccc(C(=O)OC)cc3n21. The quantitative estimate of drug-likeness (QED) is 0.523. The second-order valence-electron chi connectivity index (χ2n) is 8.89. The summed E-state index contributed by atoms with van der Waals surface area (Å²) in [5, 5.41) is 4.58. The molecule has 1 aromatic heterocycles. The van der Waals surface area contributed by atoms with Crippen LogP contribution in [0.25, 0.3) is 22.2 Å². The summed E-state index contributed by atoms with van der Waals surface area (Å²) in [4.78, 5) is 25.6. The van der Waals surface area contributed by atoms with Crippen LogP contribution in [0.2, 0.25) is 0 Å². The second kappa shape index (κ2) is 8.93. The molecule has 33 heavy (non-hydrogen) atoms. The Hall–Kier alpha value is -3.28. The van der Waals surface area contributed by atoms with Gasteiger partial charge in [-0.3, -0.25) is 0 Å². The molecule has 2 heterocycles. The summed E-state index contributed by atoms with van der Waals surface area (Å²) < 4.78 is 12.6. The van der Waals surface area contributed by atoms with E-state index in [4.69, 9.17) is 9.47 Å². The van der Waals surface area contributed by atoms with E-state index >= 15 is 0 Å². The van der Waals surface area contributed by atoms with Crippen molar-refractivity contribution in [1.29, 1.82) is 0 Å². The van der Waals surface area contributed by atoms with Crippen LogP contribution >= 0.6 is 0 Å². The minimum atomic E-state index is -0.542. The van der Waals surface area contributed by atoms with Crippen molar-refractivity contribution in [2.24, 2.45) is 0 Å². The molecule has 0 amide bonds. The van der Waals surface area contributed by atoms with Crippen LogP contribution in [0.3, 0.4) is 0 Å². The molecule has 3 aromatic rings. The number of carbonyl (C=O) groups excluding carboxylic acids is 2. The number of para-hydroxylation sites is 1. The zero-order valence-electron chi connectivity index (χ0n) is 19.2. The number of anilines is 1. The third kappa shape index (κ3) is 3.67. The van der Waals surface area contributed by atoms with Gasteiger partial charge in [-0.15, -0.1) is 0 Å². The lowest BCUT2D eigenvalue weighted by Crippen LogP contribution is -2.27. The molecule has 1 aliphatic heterocycles. The van der Waals surface area contributed by atoms with Crippen molar-refractivity contribution in [2.45, 2.75) is 51.0 Å². The predicted molar refractivity (Wildman–Crippen MR) is 129 cm³/mol. The van der Waals surface area contributed by atoms with Gasteiger partial charge in [0.25, 0.3) is 0 Å². The van der Waals surface area contributed by atoms with Crippen LogP contribution in [0.5, 0.6) is 0 Å². The molecule has 2 aliphatic rings. The van der Waals surface area contributed by atoms with E-state index in [0.29, 0.717) is 24.6 Å². The maximum Gasteiger partial charge on any atom is 0.337 e. The Bertz CT molecular complexity index is 1210. The van der Waals surface area contributed by atoms with Gasteiger partial charge in [0.2, 0.25) is 0 Å². The summed E-state index contributed by atoms with van der Waals surface area (Å²) in [7, 11) is 1.39. The smallest absolute Gasteiger partial charge is 0.337 e. The molecule has 1 unspecified atom stereocenters. The average molecular weight is 447 g/mol. The van der Waals surface area contributed by atoms with Gasteiger partial charge in [-0.05, 0) is 49.4 Å². The standard InChI is InChI=1S/C27H30N2O4/c1-3-33-27(31)23-16-28-21-12-8-7-11-19(21)25-24(17-9-5-4-6-10-17)20-14-13-18(26(30)32-2)15-22(20)29(23)25/h7-8,11-15,17,23,28H,3-6,9-10,16H2,1-2H3. The van der Waals surface area contributed by atoms with Crippen LogP contribution < -0.4 is 5.32 Å². The highest BCUT2D eigenvalue weighted by atomic mass is 16.5. The van der Waals surface area contributed by atoms with E-state index in [1.165, 1.54) is 31.9 Å². The normalized spacial score (nSPS) is 18.1. The summed E-state index contributed by atoms with van der Waals surface area (Å²) in [5.41, 5.74) is 5.81. The Morgan fingerprint density at radius 2 is 1.88 bits per heavy atom. The first-order valence-electron chi connectivity index (χ1n) is 11.9. The van der Waals surface area contributed by atoms with Gasteiger partial charge in [0.1, 0.15) is 6.04 Å². The molecule has 172 valence electrons. The lowest BCUT2D eigenvalue weighted by Gasteiger charge is -2.24. The van der Waals surface area contributed by atoms with Crippen LogP contribution in [-0.2, 0) is 14.3 Å². The van der Waals surface area contributed by atoms with Crippen molar-refractivity contribution in [1.82, 2.24) is 4.57 Å². The Morgan fingerprint density at radius 1 is 1.09 bits per heavy atom. The fourth-order valence-electron chi connectivity index (χ4n) is 5.55. The highest BCUT2D eigenvalue weighted by molar-refractivity contribution is 6.01. The van der Waals surface area contributed by atoms with Gasteiger partial charge < -0.3 is 19.4 Å². The monoisotopic (exact) mass is 446 g/mol. The van der Waals surface area contributed by atoms with Gasteiger partial charge in [-0.2, -0.15) is 0 Å². The summed E-state index contributed by atoms with van der Waals surface area (Å²) in [6.45, 7) is 2.56. The molecule has 1 saturated carbocycles. The molecule has 1 N–H and O–H groups in total. The predicted octanol–water partition coefficient (Wildman–Crippen LogP) is 5.67. The van der Waals surface area contributed by atoms with Crippen LogP contribution in [0, 0.1) is 0 Å². The van der Waals surface area contributed by atoms with Gasteiger partial charge in [-0.25, -0.2) is 9.59 Å². The van der Waals surface area contributed by atoms with Crippen LogP contribution in [0.15, 0.2) is 42.5 Å². The maximum atomic E-state index is 13.2. The number of methoxy groups -OCH3 is 1. The molecular formula is C27H30N2O4. The summed E-state index contributed by atoms with van der Waals surface area (Å²) >= 11 is 0. The van der Waals surface area contributed by atoms with E-state index < -0.39 is 6.04 Å². The maximum absolute atomic E-state index is 13.2. The molecule has 1 aliphatic carbocycles. The van der Waals surface area contributed by atoms with E-state index in [9.17, 15) is 9.59 Å². The van der Waals surface area contributed by atoms with Crippen molar-refractivity contribution in [3.8, 4) is 11.3 Å². The highest BCUT2D eigenvalue weighted by Gasteiger charge is 2.35. The molecule has 0 radical (unpaired) electrons. The van der Waals surface area contributed by atoms with Gasteiger partial charge in [0.05, 0.1) is 30.5 Å². The Balaban J connectivity index is 1.85. The number of esters is 2. The first-order chi connectivity index (χ1) is 16.1. The van der Waals surface area contributed by atoms with E-state index in [0.717, 1.165) is 40.7 Å². The fraction of sp³-hybridized carbons (Fsp3) is 0.407. The van der Waals surface area contributed by atoms with E-state index in [2.05, 4.69) is 22.0 Å². The summed E-state index contributed by atoms with van der Waals surface area (Å²) in [6, 6.07) is 13.4. The van der Waals surface area contributed by atoms with E-state index in [1.54, 1.807) is 0 Å². The third-order valence-corrected chi connectivity index (χ3v) is 7.02. The first kappa shape index (κ1) is 21.6. The van der Waals surface area contributed by atoms with Crippen LogP contribution in [0.1, 0.15) is 66.9 Å². The van der Waals surface area contributed by atoms with E-state index in [-0.39, 0.29) is 11.9 Å². The highest BCUT2D eigenvalue weighted by Crippen LogP contribution is 2.48. The number of fused-ring (bicyclic) bond motifs is 5. The fourth-order valence-corrected chi connectivity index (χ4v) is 5.55. The minimum Gasteiger partial charge on any atom is -0.465 e. The molecule has 1 atom stereocenters. The van der Waals surface area contributed by atoms with Crippen LogP contribution in [0.4, 0.5) is 5.69 Å². The second-order valence-corrected chi connectivity index (χ2v) is 8.89.